The van der Waals surface area contributed by atoms with Crippen LogP contribution in [0.2, 0.25) is 0 Å². The highest BCUT2D eigenvalue weighted by Gasteiger charge is 2.18. The second-order valence-electron chi connectivity index (χ2n) is 23.2. The largest absolute Gasteiger partial charge is 0.466 e. The first-order chi connectivity index (χ1) is 36.5. The molecule has 0 aromatic rings. The van der Waals surface area contributed by atoms with Crippen molar-refractivity contribution in [2.24, 2.45) is 0 Å². The first kappa shape index (κ1) is 72.3. The summed E-state index contributed by atoms with van der Waals surface area (Å²) in [6.45, 7) is 4.90. The highest BCUT2D eigenvalue weighted by atomic mass is 16.5. The molecule has 0 radical (unpaired) electrons. The van der Waals surface area contributed by atoms with Crippen molar-refractivity contribution in [2.75, 3.05) is 13.2 Å². The fourth-order valence-electron chi connectivity index (χ4n) is 10.6. The second-order valence-corrected chi connectivity index (χ2v) is 23.2. The van der Waals surface area contributed by atoms with Gasteiger partial charge in [-0.2, -0.15) is 0 Å². The Labute approximate surface area is 462 Å². The van der Waals surface area contributed by atoms with E-state index in [2.05, 4.69) is 31.3 Å². The maximum absolute atomic E-state index is 12.4. The first-order valence-corrected chi connectivity index (χ1v) is 33.6. The average Bonchev–Trinajstić information content (AvgIpc) is 3.40. The topological polar surface area (TPSA) is 95.9 Å². The van der Waals surface area contributed by atoms with Crippen LogP contribution in [0.4, 0.5) is 0 Å². The van der Waals surface area contributed by atoms with Gasteiger partial charge in [-0.3, -0.25) is 9.59 Å². The number of carbonyl (C=O) groups is 2. The van der Waals surface area contributed by atoms with Crippen molar-refractivity contribution in [3.8, 4) is 0 Å². The van der Waals surface area contributed by atoms with E-state index in [1.807, 2.05) is 6.08 Å². The molecule has 74 heavy (non-hydrogen) atoms. The molecule has 6 heteroatoms. The molecule has 438 valence electrons. The summed E-state index contributed by atoms with van der Waals surface area (Å²) in [6.07, 6.45) is 79.8. The van der Waals surface area contributed by atoms with Gasteiger partial charge < -0.3 is 20.3 Å². The number of hydrogen-bond donors (Lipinski definition) is 3. The van der Waals surface area contributed by atoms with Gasteiger partial charge in [0, 0.05) is 12.8 Å². The third-order valence-electron chi connectivity index (χ3n) is 15.7. The van der Waals surface area contributed by atoms with Crippen molar-refractivity contribution in [2.45, 2.75) is 386 Å². The fourth-order valence-corrected chi connectivity index (χ4v) is 10.6. The van der Waals surface area contributed by atoms with Crippen LogP contribution >= 0.6 is 0 Å². The Hall–Kier alpha value is -1.66. The van der Waals surface area contributed by atoms with Gasteiger partial charge in [0.1, 0.15) is 0 Å². The summed E-state index contributed by atoms with van der Waals surface area (Å²) in [6, 6.07) is -0.622. The average molecular weight is 1040 g/mol. The van der Waals surface area contributed by atoms with Crippen LogP contribution in [-0.4, -0.2) is 47.4 Å². The molecule has 2 atom stereocenters. The van der Waals surface area contributed by atoms with Gasteiger partial charge >= 0.3 is 5.97 Å². The molecule has 0 spiro atoms. The zero-order valence-corrected chi connectivity index (χ0v) is 50.1. The van der Waals surface area contributed by atoms with Crippen LogP contribution in [0.25, 0.3) is 0 Å². The monoisotopic (exact) mass is 1040 g/mol. The Kier molecular flexibility index (Phi) is 62.4. The molecule has 2 unspecified atom stereocenters. The zero-order valence-electron chi connectivity index (χ0n) is 50.1. The SMILES string of the molecule is CCCCCCCCC/C=C\CCCCCCCC(=O)OCCCCCCCCCCCCCCCCCCCCCCCCCCCCCCCCCCC(=O)NC(CO)C(O)/C=C/CCCCCCCCC. The summed E-state index contributed by atoms with van der Waals surface area (Å²) in [5.74, 6) is -0.0510. The summed E-state index contributed by atoms with van der Waals surface area (Å²) >= 11 is 0. The normalized spacial score (nSPS) is 12.6. The third-order valence-corrected chi connectivity index (χ3v) is 15.7. The van der Waals surface area contributed by atoms with E-state index in [1.54, 1.807) is 6.08 Å². The number of amides is 1. The molecule has 0 rings (SSSR count). The number of carbonyl (C=O) groups excluding carboxylic acids is 2. The van der Waals surface area contributed by atoms with Crippen LogP contribution in [0.3, 0.4) is 0 Å². The van der Waals surface area contributed by atoms with Crippen molar-refractivity contribution in [1.82, 2.24) is 5.32 Å². The molecule has 0 fully saturated rings. The number of hydrogen-bond acceptors (Lipinski definition) is 5. The Bertz CT molecular complexity index is 1150. The van der Waals surface area contributed by atoms with Gasteiger partial charge in [-0.15, -0.1) is 0 Å². The van der Waals surface area contributed by atoms with E-state index >= 15 is 0 Å². The van der Waals surface area contributed by atoms with E-state index in [0.717, 1.165) is 44.9 Å². The maximum atomic E-state index is 12.4. The Balaban J connectivity index is 3.29. The fraction of sp³-hybridized carbons (Fsp3) is 0.912. The lowest BCUT2D eigenvalue weighted by atomic mass is 10.0. The predicted octanol–water partition coefficient (Wildman–Crippen LogP) is 21.4. The van der Waals surface area contributed by atoms with E-state index < -0.39 is 12.1 Å². The van der Waals surface area contributed by atoms with Crippen LogP contribution in [0, 0.1) is 0 Å². The number of nitrogens with one attached hydrogen (secondary N) is 1. The zero-order chi connectivity index (χ0) is 53.6. The van der Waals surface area contributed by atoms with Crippen LogP contribution < -0.4 is 5.32 Å². The molecule has 0 aromatic carbocycles. The van der Waals surface area contributed by atoms with Crippen molar-refractivity contribution < 1.29 is 24.5 Å². The molecule has 0 aromatic heterocycles. The molecule has 0 saturated heterocycles. The van der Waals surface area contributed by atoms with Gasteiger partial charge in [0.2, 0.25) is 5.91 Å². The van der Waals surface area contributed by atoms with E-state index in [-0.39, 0.29) is 18.5 Å². The highest BCUT2D eigenvalue weighted by Crippen LogP contribution is 2.18. The summed E-state index contributed by atoms with van der Waals surface area (Å²) in [5, 5.41) is 23.0. The number of unbranched alkanes of at least 4 members (excludes halogenated alkanes) is 50. The number of ether oxygens (including phenoxy) is 1. The van der Waals surface area contributed by atoms with Gasteiger partial charge in [0.15, 0.2) is 0 Å². The number of rotatable bonds is 63. The van der Waals surface area contributed by atoms with E-state index in [9.17, 15) is 19.8 Å². The van der Waals surface area contributed by atoms with Crippen molar-refractivity contribution in [1.29, 1.82) is 0 Å². The molecular formula is C68H131NO5. The molecular weight excluding hydrogens is 911 g/mol. The van der Waals surface area contributed by atoms with Crippen molar-refractivity contribution >= 4 is 11.9 Å². The van der Waals surface area contributed by atoms with Gasteiger partial charge in [-0.1, -0.05) is 327 Å². The number of esters is 1. The van der Waals surface area contributed by atoms with Crippen LogP contribution in [0.1, 0.15) is 373 Å². The Morgan fingerprint density at radius 3 is 0.959 bits per heavy atom. The molecule has 0 aliphatic heterocycles. The lowest BCUT2D eigenvalue weighted by Crippen LogP contribution is -2.45. The highest BCUT2D eigenvalue weighted by molar-refractivity contribution is 5.76. The minimum Gasteiger partial charge on any atom is -0.466 e. The lowest BCUT2D eigenvalue weighted by Gasteiger charge is -2.20. The predicted molar refractivity (Wildman–Crippen MR) is 324 cm³/mol. The van der Waals surface area contributed by atoms with Crippen molar-refractivity contribution in [3.05, 3.63) is 24.3 Å². The molecule has 0 saturated carbocycles. The molecule has 0 aliphatic carbocycles. The van der Waals surface area contributed by atoms with Crippen molar-refractivity contribution in [3.63, 3.8) is 0 Å². The molecule has 0 heterocycles. The van der Waals surface area contributed by atoms with Crippen LogP contribution in [0.15, 0.2) is 24.3 Å². The van der Waals surface area contributed by atoms with E-state index in [4.69, 9.17) is 4.74 Å². The summed E-state index contributed by atoms with van der Waals surface area (Å²) in [5.41, 5.74) is 0. The minimum atomic E-state index is -0.838. The standard InChI is InChI=1S/C68H131NO5/c1-3-5-7-9-11-13-14-15-16-36-39-42-46-50-54-58-62-68(73)74-63-59-55-51-47-43-40-37-34-32-30-28-26-24-22-20-18-17-19-21-23-25-27-29-31-33-35-38-41-45-49-53-57-61-67(72)69-65(64-70)66(71)60-56-52-48-44-12-10-8-6-4-2/h16,36,56,60,65-66,70-71H,3-15,17-35,37-55,57-59,61-64H2,1-2H3,(H,69,72)/b36-16-,60-56+. The number of aliphatic hydroxyl groups excluding tert-OH is 2. The first-order valence-electron chi connectivity index (χ1n) is 33.6. The second kappa shape index (κ2) is 63.9. The summed E-state index contributed by atoms with van der Waals surface area (Å²) in [4.78, 5) is 24.5. The quantitative estimate of drug-likeness (QED) is 0.0320. The van der Waals surface area contributed by atoms with Crippen LogP contribution in [0.5, 0.6) is 0 Å². The maximum Gasteiger partial charge on any atom is 0.305 e. The number of allylic oxidation sites excluding steroid dienone is 3. The lowest BCUT2D eigenvalue weighted by molar-refractivity contribution is -0.143. The molecule has 0 aliphatic rings. The van der Waals surface area contributed by atoms with E-state index in [1.165, 1.54) is 302 Å². The molecule has 3 N–H and O–H groups in total. The Morgan fingerprint density at radius 1 is 0.365 bits per heavy atom. The summed E-state index contributed by atoms with van der Waals surface area (Å²) < 4.78 is 5.50. The smallest absolute Gasteiger partial charge is 0.305 e. The van der Waals surface area contributed by atoms with Crippen LogP contribution in [-0.2, 0) is 14.3 Å². The third kappa shape index (κ3) is 59.6. The number of aliphatic hydroxyl groups is 2. The molecule has 0 bridgehead atoms. The Morgan fingerprint density at radius 2 is 0.635 bits per heavy atom. The van der Waals surface area contributed by atoms with E-state index in [0.29, 0.717) is 19.4 Å². The minimum absolute atomic E-state index is 0.0139. The summed E-state index contributed by atoms with van der Waals surface area (Å²) in [7, 11) is 0. The van der Waals surface area contributed by atoms with Gasteiger partial charge in [-0.05, 0) is 57.8 Å². The molecule has 1 amide bonds. The molecule has 6 nitrogen and oxygen atoms in total. The van der Waals surface area contributed by atoms with Gasteiger partial charge in [0.05, 0.1) is 25.4 Å². The van der Waals surface area contributed by atoms with Gasteiger partial charge in [0.25, 0.3) is 0 Å². The van der Waals surface area contributed by atoms with Gasteiger partial charge in [-0.25, -0.2) is 0 Å².